The van der Waals surface area contributed by atoms with Gasteiger partial charge in [-0.05, 0) is 54.1 Å². The van der Waals surface area contributed by atoms with Gasteiger partial charge in [0.1, 0.15) is 17.0 Å². The molecule has 1 aromatic rings. The monoisotopic (exact) mass is 712 g/mol. The number of carbonyl (C=O) groups excluding carboxylic acids is 5. The summed E-state index contributed by atoms with van der Waals surface area (Å²) in [5, 5.41) is 7.28. The standard InChI is InChI=1S/C13H17N3O3S.C10H15NO4.C2H6N2S.CH4.H2O4S/c1-13(2,3)19-12(18)16-6-5-9-8(10(16)17)7-14-11(15-9)20-4;1-10(2,3)15-9(14)11-5-4-7(12)6-8(11)13;1-5-2(3)4;;1-5(2,3)4/h7H,5-6H2,1-4H3;4-6H2,1-3H3;1H3,(H3,3,4);1H4;(H2,1,2,3,4). The van der Waals surface area contributed by atoms with Gasteiger partial charge in [-0.25, -0.2) is 29.4 Å². The van der Waals surface area contributed by atoms with E-state index >= 15 is 0 Å². The molecule has 1 saturated heterocycles. The number of aromatic nitrogens is 2. The summed E-state index contributed by atoms with van der Waals surface area (Å²) in [6.07, 6.45) is 4.39. The normalized spacial score (nSPS) is 14.4. The maximum atomic E-state index is 12.3. The Morgan fingerprint density at radius 3 is 1.78 bits per heavy atom. The number of nitrogens with one attached hydrogen (secondary N) is 1. The Hall–Kier alpha value is -3.33. The van der Waals surface area contributed by atoms with E-state index in [2.05, 4.69) is 9.97 Å². The topological polar surface area (TPSA) is 261 Å². The third-order valence-electron chi connectivity index (χ3n) is 4.79. The first kappa shape index (κ1) is 44.8. The van der Waals surface area contributed by atoms with E-state index in [-0.39, 0.29) is 44.3 Å². The third kappa shape index (κ3) is 19.2. The highest BCUT2D eigenvalue weighted by molar-refractivity contribution is 8.13. The molecule has 1 aromatic heterocycles. The maximum Gasteiger partial charge on any atom is 0.417 e. The molecule has 0 bridgehead atoms. The fourth-order valence-electron chi connectivity index (χ4n) is 3.05. The van der Waals surface area contributed by atoms with Gasteiger partial charge in [-0.2, -0.15) is 8.42 Å². The number of nitrogens with zero attached hydrogens (tertiary/aromatic N) is 4. The number of likely N-dealkylation sites (tertiary alicyclic amines) is 1. The highest BCUT2D eigenvalue weighted by Gasteiger charge is 2.34. The summed E-state index contributed by atoms with van der Waals surface area (Å²) in [5.41, 5.74) is 4.65. The number of imide groups is 2. The number of nitrogens with two attached hydrogens (primary N) is 1. The van der Waals surface area contributed by atoms with Gasteiger partial charge in [-0.1, -0.05) is 31.0 Å². The van der Waals surface area contributed by atoms with Gasteiger partial charge in [0.25, 0.3) is 5.91 Å². The first-order valence-corrected chi connectivity index (χ1v) is 16.8. The molecule has 0 unspecified atom stereocenters. The number of amides is 4. The minimum Gasteiger partial charge on any atom is -0.443 e. The van der Waals surface area contributed by atoms with Gasteiger partial charge in [0.15, 0.2) is 10.3 Å². The number of ketones is 1. The van der Waals surface area contributed by atoms with E-state index in [9.17, 15) is 24.0 Å². The maximum absolute atomic E-state index is 12.3. The highest BCUT2D eigenvalue weighted by Crippen LogP contribution is 2.21. The molecule has 2 aliphatic heterocycles. The second kappa shape index (κ2) is 19.4. The van der Waals surface area contributed by atoms with Crippen LogP contribution in [0.3, 0.4) is 0 Å². The number of hydrogen-bond donors (Lipinski definition) is 4. The molecule has 20 heteroatoms. The van der Waals surface area contributed by atoms with E-state index in [0.717, 1.165) is 9.80 Å². The molecule has 5 N–H and O–H groups in total. The summed E-state index contributed by atoms with van der Waals surface area (Å²) in [4.78, 5) is 68.5. The van der Waals surface area contributed by atoms with Crippen LogP contribution in [-0.2, 0) is 35.9 Å². The molecule has 3 heterocycles. The van der Waals surface area contributed by atoms with Crippen LogP contribution in [0.4, 0.5) is 9.59 Å². The quantitative estimate of drug-likeness (QED) is 0.0811. The van der Waals surface area contributed by atoms with Crippen molar-refractivity contribution in [1.29, 1.82) is 5.41 Å². The second-order valence-corrected chi connectivity index (χ2v) is 13.4. The number of Topliss-reactive ketones (excluding diaryl/α,β-unsaturated/α-hetero) is 1. The summed E-state index contributed by atoms with van der Waals surface area (Å²) in [5.74, 6) is -0.992. The molecule has 0 aliphatic carbocycles. The molecule has 0 spiro atoms. The Morgan fingerprint density at radius 1 is 0.957 bits per heavy atom. The summed E-state index contributed by atoms with van der Waals surface area (Å²) >= 11 is 2.66. The molecule has 4 amide bonds. The third-order valence-corrected chi connectivity index (χ3v) is 5.79. The molecule has 0 radical (unpaired) electrons. The lowest BCUT2D eigenvalue weighted by Crippen LogP contribution is -2.45. The summed E-state index contributed by atoms with van der Waals surface area (Å²) < 4.78 is 41.8. The lowest BCUT2D eigenvalue weighted by atomic mass is 10.1. The Kier molecular flexibility index (Phi) is 18.9. The molecule has 46 heavy (non-hydrogen) atoms. The number of fused-ring (bicyclic) bond motifs is 1. The fourth-order valence-corrected chi connectivity index (χ4v) is 3.41. The fraction of sp³-hybridized carbons (Fsp3) is 0.615. The van der Waals surface area contributed by atoms with Gasteiger partial charge >= 0.3 is 22.6 Å². The lowest BCUT2D eigenvalue weighted by molar-refractivity contribution is -0.138. The van der Waals surface area contributed by atoms with Crippen molar-refractivity contribution in [3.8, 4) is 0 Å². The van der Waals surface area contributed by atoms with Crippen molar-refractivity contribution in [2.45, 2.75) is 84.6 Å². The molecule has 1 fully saturated rings. The number of piperidine rings is 1. The summed E-state index contributed by atoms with van der Waals surface area (Å²) in [6, 6.07) is 0. The number of rotatable bonds is 1. The van der Waals surface area contributed by atoms with E-state index in [0.29, 0.717) is 22.8 Å². The number of ether oxygens (including phenoxy) is 2. The summed E-state index contributed by atoms with van der Waals surface area (Å²) in [7, 11) is -4.67. The number of thioether (sulfide) groups is 2. The summed E-state index contributed by atoms with van der Waals surface area (Å²) in [6.45, 7) is 10.9. The van der Waals surface area contributed by atoms with Crippen LogP contribution in [0.1, 0.15) is 77.9 Å². The van der Waals surface area contributed by atoms with Crippen LogP contribution in [0.25, 0.3) is 0 Å². The van der Waals surface area contributed by atoms with Gasteiger partial charge in [-0.3, -0.25) is 28.9 Å². The smallest absolute Gasteiger partial charge is 0.417 e. The second-order valence-electron chi connectivity index (χ2n) is 10.9. The molecule has 0 atom stereocenters. The van der Waals surface area contributed by atoms with Gasteiger partial charge in [0.05, 0.1) is 17.7 Å². The van der Waals surface area contributed by atoms with Crippen LogP contribution < -0.4 is 5.73 Å². The number of amidine groups is 1. The van der Waals surface area contributed by atoms with Gasteiger partial charge < -0.3 is 15.2 Å². The Labute approximate surface area is 277 Å². The molecule has 17 nitrogen and oxygen atoms in total. The Bertz CT molecular complexity index is 1350. The van der Waals surface area contributed by atoms with Crippen LogP contribution in [0.5, 0.6) is 0 Å². The van der Waals surface area contributed by atoms with Crippen molar-refractivity contribution < 1.29 is 51.0 Å². The van der Waals surface area contributed by atoms with E-state index in [1.54, 1.807) is 47.8 Å². The molecule has 2 aliphatic rings. The van der Waals surface area contributed by atoms with E-state index in [1.807, 2.05) is 6.26 Å². The van der Waals surface area contributed by atoms with Crippen LogP contribution >= 0.6 is 23.5 Å². The highest BCUT2D eigenvalue weighted by atomic mass is 32.3. The average molecular weight is 713 g/mol. The van der Waals surface area contributed by atoms with Crippen molar-refractivity contribution in [1.82, 2.24) is 19.8 Å². The minimum absolute atomic E-state index is 0. The zero-order valence-corrected chi connectivity index (χ0v) is 28.7. The Morgan fingerprint density at radius 2 is 1.39 bits per heavy atom. The van der Waals surface area contributed by atoms with E-state index in [1.165, 1.54) is 29.7 Å². The molecular weight excluding hydrogens is 669 g/mol. The largest absolute Gasteiger partial charge is 0.443 e. The van der Waals surface area contributed by atoms with Crippen molar-refractivity contribution >= 4 is 68.9 Å². The zero-order valence-electron chi connectivity index (χ0n) is 26.3. The predicted octanol–water partition coefficient (Wildman–Crippen LogP) is 3.47. The molecular formula is C26H44N6O11S3. The van der Waals surface area contributed by atoms with E-state index < -0.39 is 45.6 Å². The van der Waals surface area contributed by atoms with Crippen molar-refractivity contribution in [3.05, 3.63) is 17.5 Å². The van der Waals surface area contributed by atoms with Crippen LogP contribution in [0.15, 0.2) is 11.4 Å². The van der Waals surface area contributed by atoms with Crippen molar-refractivity contribution in [2.24, 2.45) is 5.73 Å². The van der Waals surface area contributed by atoms with Crippen LogP contribution in [0, 0.1) is 5.41 Å². The predicted molar refractivity (Wildman–Crippen MR) is 173 cm³/mol. The first-order valence-electron chi connectivity index (χ1n) is 13.0. The van der Waals surface area contributed by atoms with Gasteiger partial charge in [-0.15, -0.1) is 0 Å². The molecule has 262 valence electrons. The minimum atomic E-state index is -4.67. The molecule has 0 aromatic carbocycles. The van der Waals surface area contributed by atoms with E-state index in [4.69, 9.17) is 38.1 Å². The SMILES string of the molecule is C.CC(C)(C)OC(=O)N1CCC(=O)CC1=O.CSC(=N)N.CSc1ncc2c(n1)CCN(C(=O)OC(C)(C)C)C2=O.O=S(=O)(O)O. The van der Waals surface area contributed by atoms with Crippen LogP contribution in [-0.4, -0.2) is 109 Å². The van der Waals surface area contributed by atoms with Crippen molar-refractivity contribution in [3.63, 3.8) is 0 Å². The zero-order chi connectivity index (χ0) is 35.3. The van der Waals surface area contributed by atoms with Gasteiger partial charge in [0, 0.05) is 32.1 Å². The Balaban J connectivity index is 0. The number of carbonyl (C=O) groups is 5. The van der Waals surface area contributed by atoms with Gasteiger partial charge in [0.2, 0.25) is 5.91 Å². The van der Waals surface area contributed by atoms with Crippen molar-refractivity contribution in [2.75, 3.05) is 25.6 Å². The van der Waals surface area contributed by atoms with Crippen LogP contribution in [0.2, 0.25) is 0 Å². The molecule has 0 saturated carbocycles. The average Bonchev–Trinajstić information content (AvgIpc) is 2.86. The number of hydrogen-bond acceptors (Lipinski definition) is 14. The first-order chi connectivity index (χ1) is 20.4. The lowest BCUT2D eigenvalue weighted by Gasteiger charge is -2.29. The molecule has 3 rings (SSSR count).